The Hall–Kier alpha value is -0.960. The van der Waals surface area contributed by atoms with Gasteiger partial charge in [-0.2, -0.15) is 5.26 Å². The van der Waals surface area contributed by atoms with Crippen LogP contribution in [-0.4, -0.2) is 54.1 Å². The number of piperazine rings is 1. The van der Waals surface area contributed by atoms with Crippen LogP contribution >= 0.6 is 11.3 Å². The van der Waals surface area contributed by atoms with Gasteiger partial charge in [-0.3, -0.25) is 0 Å². The smallest absolute Gasteiger partial charge is 0.124 e. The van der Waals surface area contributed by atoms with E-state index in [1.165, 1.54) is 24.4 Å². The molecular formula is C12H18N4S. The van der Waals surface area contributed by atoms with Crippen molar-refractivity contribution in [1.82, 2.24) is 14.8 Å². The van der Waals surface area contributed by atoms with Crippen molar-refractivity contribution in [1.29, 1.82) is 5.26 Å². The lowest BCUT2D eigenvalue weighted by molar-refractivity contribution is 0.138. The predicted octanol–water partition coefficient (Wildman–Crippen LogP) is 1.19. The molecule has 0 bridgehead atoms. The molecule has 1 aliphatic heterocycles. The van der Waals surface area contributed by atoms with E-state index >= 15 is 0 Å². The minimum absolute atomic E-state index is 0.718. The summed E-state index contributed by atoms with van der Waals surface area (Å²) in [6.45, 7) is 9.11. The van der Waals surface area contributed by atoms with Crippen LogP contribution in [0.3, 0.4) is 0 Å². The molecule has 0 aromatic carbocycles. The first kappa shape index (κ1) is 12.5. The average molecular weight is 250 g/mol. The van der Waals surface area contributed by atoms with Crippen LogP contribution in [0.15, 0.2) is 6.20 Å². The molecule has 0 aliphatic carbocycles. The normalized spacial score (nSPS) is 18.1. The Morgan fingerprint density at radius 3 is 2.65 bits per heavy atom. The fourth-order valence-electron chi connectivity index (χ4n) is 2.06. The molecule has 1 fully saturated rings. The number of rotatable bonds is 4. The zero-order valence-electron chi connectivity index (χ0n) is 10.2. The number of hydrogen-bond donors (Lipinski definition) is 0. The third kappa shape index (κ3) is 3.50. The summed E-state index contributed by atoms with van der Waals surface area (Å²) < 4.78 is 0. The van der Waals surface area contributed by atoms with Gasteiger partial charge in [0.15, 0.2) is 0 Å². The van der Waals surface area contributed by atoms with Gasteiger partial charge >= 0.3 is 0 Å². The summed E-state index contributed by atoms with van der Waals surface area (Å²) >= 11 is 1.52. The van der Waals surface area contributed by atoms with E-state index in [2.05, 4.69) is 27.8 Å². The molecular weight excluding hydrogens is 232 g/mol. The average Bonchev–Trinajstić information content (AvgIpc) is 2.85. The van der Waals surface area contributed by atoms with E-state index in [0.29, 0.717) is 0 Å². The van der Waals surface area contributed by atoms with E-state index in [4.69, 9.17) is 5.26 Å². The van der Waals surface area contributed by atoms with Gasteiger partial charge in [-0.05, 0) is 6.54 Å². The minimum atomic E-state index is 0.718. The molecule has 17 heavy (non-hydrogen) atoms. The number of thiazole rings is 1. The van der Waals surface area contributed by atoms with Crippen molar-refractivity contribution in [3.05, 3.63) is 16.1 Å². The van der Waals surface area contributed by atoms with Gasteiger partial charge in [0, 0.05) is 39.1 Å². The Kier molecular flexibility index (Phi) is 4.49. The molecule has 0 N–H and O–H groups in total. The number of nitrogens with zero attached hydrogens (tertiary/aromatic N) is 4. The van der Waals surface area contributed by atoms with Gasteiger partial charge in [-0.1, -0.05) is 6.92 Å². The number of nitriles is 1. The van der Waals surface area contributed by atoms with E-state index in [9.17, 15) is 0 Å². The van der Waals surface area contributed by atoms with Gasteiger partial charge < -0.3 is 9.80 Å². The maximum absolute atomic E-state index is 8.73. The highest BCUT2D eigenvalue weighted by Gasteiger charge is 2.15. The second-order valence-electron chi connectivity index (χ2n) is 4.26. The van der Waals surface area contributed by atoms with Crippen molar-refractivity contribution in [2.75, 3.05) is 39.3 Å². The number of aromatic nitrogens is 1. The van der Waals surface area contributed by atoms with Crippen LogP contribution in [0.5, 0.6) is 0 Å². The Labute approximate surface area is 106 Å². The van der Waals surface area contributed by atoms with Gasteiger partial charge in [0.25, 0.3) is 0 Å². The lowest BCUT2D eigenvalue weighted by Crippen LogP contribution is -2.46. The molecule has 0 radical (unpaired) electrons. The third-order valence-electron chi connectivity index (χ3n) is 3.22. The first-order valence-electron chi connectivity index (χ1n) is 6.11. The van der Waals surface area contributed by atoms with E-state index in [-0.39, 0.29) is 0 Å². The third-order valence-corrected chi connectivity index (χ3v) is 4.18. The molecule has 1 aliphatic rings. The van der Waals surface area contributed by atoms with E-state index in [1.807, 2.05) is 0 Å². The van der Waals surface area contributed by atoms with Crippen molar-refractivity contribution >= 4 is 11.3 Å². The molecule has 2 heterocycles. The van der Waals surface area contributed by atoms with Crippen molar-refractivity contribution in [2.24, 2.45) is 0 Å². The van der Waals surface area contributed by atoms with Gasteiger partial charge in [-0.15, -0.1) is 11.3 Å². The lowest BCUT2D eigenvalue weighted by atomic mass is 10.3. The molecule has 92 valence electrons. The van der Waals surface area contributed by atoms with E-state index in [0.717, 1.165) is 42.5 Å². The second kappa shape index (κ2) is 6.10. The molecule has 1 saturated heterocycles. The summed E-state index contributed by atoms with van der Waals surface area (Å²) in [5.74, 6) is 0. The quantitative estimate of drug-likeness (QED) is 0.805. The zero-order valence-corrected chi connectivity index (χ0v) is 11.0. The van der Waals surface area contributed by atoms with Crippen LogP contribution in [-0.2, 0) is 6.42 Å². The van der Waals surface area contributed by atoms with Gasteiger partial charge in [0.05, 0.1) is 11.2 Å². The van der Waals surface area contributed by atoms with Gasteiger partial charge in [0.2, 0.25) is 0 Å². The molecule has 0 saturated carbocycles. The zero-order chi connectivity index (χ0) is 12.1. The maximum Gasteiger partial charge on any atom is 0.124 e. The fourth-order valence-corrected chi connectivity index (χ4v) is 2.76. The summed E-state index contributed by atoms with van der Waals surface area (Å²) in [4.78, 5) is 9.95. The van der Waals surface area contributed by atoms with Crippen LogP contribution in [0.2, 0.25) is 0 Å². The highest BCUT2D eigenvalue weighted by Crippen LogP contribution is 2.13. The molecule has 0 atom stereocenters. The van der Waals surface area contributed by atoms with Crippen molar-refractivity contribution in [3.63, 3.8) is 0 Å². The Morgan fingerprint density at radius 1 is 1.35 bits per heavy atom. The number of likely N-dealkylation sites (N-methyl/N-ethyl adjacent to an activating group) is 1. The summed E-state index contributed by atoms with van der Waals surface area (Å²) in [5.41, 5.74) is 0. The molecule has 1 aromatic heterocycles. The Balaban J connectivity index is 1.74. The fraction of sp³-hybridized carbons (Fsp3) is 0.667. The highest BCUT2D eigenvalue weighted by molar-refractivity contribution is 7.12. The Morgan fingerprint density at radius 2 is 2.06 bits per heavy atom. The summed E-state index contributed by atoms with van der Waals surface area (Å²) in [6, 6.07) is 2.13. The molecule has 4 nitrogen and oxygen atoms in total. The summed E-state index contributed by atoms with van der Waals surface area (Å²) in [7, 11) is 0. The van der Waals surface area contributed by atoms with Crippen molar-refractivity contribution < 1.29 is 0 Å². The van der Waals surface area contributed by atoms with E-state index in [1.54, 1.807) is 6.20 Å². The summed E-state index contributed by atoms with van der Waals surface area (Å²) in [5, 5.41) is 9.81. The van der Waals surface area contributed by atoms with Crippen LogP contribution in [0.4, 0.5) is 0 Å². The molecule has 0 amide bonds. The van der Waals surface area contributed by atoms with Crippen molar-refractivity contribution in [3.8, 4) is 6.07 Å². The minimum Gasteiger partial charge on any atom is -0.301 e. The molecule has 0 unspecified atom stereocenters. The molecule has 0 spiro atoms. The topological polar surface area (TPSA) is 43.2 Å². The van der Waals surface area contributed by atoms with Crippen LogP contribution in [0.25, 0.3) is 0 Å². The maximum atomic E-state index is 8.73. The lowest BCUT2D eigenvalue weighted by Gasteiger charge is -2.33. The van der Waals surface area contributed by atoms with E-state index < -0.39 is 0 Å². The van der Waals surface area contributed by atoms with Gasteiger partial charge in [-0.25, -0.2) is 4.98 Å². The second-order valence-corrected chi connectivity index (χ2v) is 5.37. The SMILES string of the molecule is CCN1CCN(CCc2ncc(C#N)s2)CC1. The molecule has 5 heteroatoms. The summed E-state index contributed by atoms with van der Waals surface area (Å²) in [6.07, 6.45) is 2.65. The largest absolute Gasteiger partial charge is 0.301 e. The number of hydrogen-bond acceptors (Lipinski definition) is 5. The predicted molar refractivity (Wildman–Crippen MR) is 69.1 cm³/mol. The van der Waals surface area contributed by atoms with Crippen LogP contribution in [0, 0.1) is 11.3 Å². The van der Waals surface area contributed by atoms with Crippen LogP contribution in [0.1, 0.15) is 16.8 Å². The first-order chi connectivity index (χ1) is 8.31. The molecule has 1 aromatic rings. The Bertz CT molecular complexity index is 387. The van der Waals surface area contributed by atoms with Crippen molar-refractivity contribution in [2.45, 2.75) is 13.3 Å². The highest BCUT2D eigenvalue weighted by atomic mass is 32.1. The monoisotopic (exact) mass is 250 g/mol. The standard InChI is InChI=1S/C12H18N4S/c1-2-15-5-7-16(8-6-15)4-3-12-14-10-11(9-13)17-12/h10H,2-8H2,1H3. The van der Waals surface area contributed by atoms with Gasteiger partial charge in [0.1, 0.15) is 10.9 Å². The molecule has 2 rings (SSSR count). The van der Waals surface area contributed by atoms with Crippen LogP contribution < -0.4 is 0 Å². The first-order valence-corrected chi connectivity index (χ1v) is 6.93.